The lowest BCUT2D eigenvalue weighted by Crippen LogP contribution is -2.66. The summed E-state index contributed by atoms with van der Waals surface area (Å²) in [6.07, 6.45) is -12.2. The number of aliphatic hydroxyl groups is 2. The van der Waals surface area contributed by atoms with Gasteiger partial charge in [0, 0.05) is 50.2 Å². The number of piperazine rings is 1. The van der Waals surface area contributed by atoms with E-state index in [9.17, 15) is 45.0 Å². The van der Waals surface area contributed by atoms with Gasteiger partial charge in [-0.05, 0) is 18.6 Å². The van der Waals surface area contributed by atoms with E-state index in [1.165, 1.54) is 12.1 Å². The number of sulfonamides is 1. The summed E-state index contributed by atoms with van der Waals surface area (Å²) >= 11 is 0. The number of rotatable bonds is 6. The van der Waals surface area contributed by atoms with Crippen LogP contribution in [0.5, 0.6) is 0 Å². The smallest absolute Gasteiger partial charge is 0.391 e. The Bertz CT molecular complexity index is 1330. The van der Waals surface area contributed by atoms with Crippen molar-refractivity contribution in [2.24, 2.45) is 0 Å². The van der Waals surface area contributed by atoms with Gasteiger partial charge in [0.2, 0.25) is 10.0 Å². The molecule has 0 radical (unpaired) electrons. The molecule has 3 aliphatic rings. The Kier molecular flexibility index (Phi) is 7.62. The molecule has 1 aromatic heterocycles. The van der Waals surface area contributed by atoms with Gasteiger partial charge in [-0.3, -0.25) is 4.90 Å². The number of fused-ring (bicyclic) bond motifs is 2. The first-order valence-corrected chi connectivity index (χ1v) is 14.0. The zero-order chi connectivity index (χ0) is 29.8. The summed E-state index contributed by atoms with van der Waals surface area (Å²) in [6.45, 7) is 0.139. The van der Waals surface area contributed by atoms with E-state index in [-0.39, 0.29) is 68.5 Å². The number of morpholine rings is 1. The van der Waals surface area contributed by atoms with E-state index < -0.39 is 51.2 Å². The maximum absolute atomic E-state index is 13.5. The van der Waals surface area contributed by atoms with Crippen molar-refractivity contribution in [1.29, 1.82) is 0 Å². The third kappa shape index (κ3) is 5.10. The molecule has 3 saturated heterocycles. The topological polar surface area (TPSA) is 128 Å². The highest BCUT2D eigenvalue weighted by Crippen LogP contribution is 2.49. The first-order valence-electron chi connectivity index (χ1n) is 12.6. The Labute approximate surface area is 231 Å². The normalized spacial score (nSPS) is 28.6. The number of alkyl halides is 6. The lowest BCUT2D eigenvalue weighted by atomic mass is 9.92. The van der Waals surface area contributed by atoms with Crippen LogP contribution in [0.2, 0.25) is 0 Å². The molecule has 41 heavy (non-hydrogen) atoms. The summed E-state index contributed by atoms with van der Waals surface area (Å²) in [5.41, 5.74) is -8.37. The van der Waals surface area contributed by atoms with Crippen LogP contribution < -0.4 is 5.32 Å². The van der Waals surface area contributed by atoms with Crippen LogP contribution in [-0.4, -0.2) is 108 Å². The minimum absolute atomic E-state index is 0.00523. The molecule has 226 valence electrons. The highest BCUT2D eigenvalue weighted by Gasteiger charge is 2.72. The standard InChI is InChI=1S/C24H27F6N5O5S/c25-23(26,27)22(37,24(28,29)30)15-9-31-20(32-10-15)21(14-35-16-8-19(36)18(35)12-40-11-16)13-34(7-6-33-21)41(38,39)17-4-2-1-3-5-17/h1-5,9-10,16,18-19,33,36-37H,6-8,11-14H2/t16?,18?,19?,21-/m1/s1. The summed E-state index contributed by atoms with van der Waals surface area (Å²) in [5, 5.41) is 23.5. The number of ether oxygens (including phenoxy) is 1. The fourth-order valence-electron chi connectivity index (χ4n) is 5.70. The van der Waals surface area contributed by atoms with Crippen molar-refractivity contribution in [2.45, 2.75) is 53.0 Å². The number of hydrogen-bond donors (Lipinski definition) is 3. The van der Waals surface area contributed by atoms with Crippen LogP contribution >= 0.6 is 0 Å². The molecule has 3 aliphatic heterocycles. The molecule has 17 heteroatoms. The number of aromatic nitrogens is 2. The van der Waals surface area contributed by atoms with Crippen molar-refractivity contribution >= 4 is 10.0 Å². The molecule has 3 N–H and O–H groups in total. The van der Waals surface area contributed by atoms with Gasteiger partial charge in [0.1, 0.15) is 5.54 Å². The highest BCUT2D eigenvalue weighted by atomic mass is 32.2. The lowest BCUT2D eigenvalue weighted by Gasteiger charge is -2.47. The first-order chi connectivity index (χ1) is 19.1. The SMILES string of the molecule is O=S(=O)(c1ccccc1)N1CCN[C@](CN2C3COCC2C(O)C3)(c2ncc(C(O)(C(F)(F)F)C(F)(F)F)cn2)C1. The second kappa shape index (κ2) is 10.4. The first kappa shape index (κ1) is 30.1. The molecule has 5 rings (SSSR count). The van der Waals surface area contributed by atoms with Crippen LogP contribution in [0.4, 0.5) is 26.3 Å². The van der Waals surface area contributed by atoms with E-state index in [0.717, 1.165) is 4.31 Å². The fraction of sp³-hybridized carbons (Fsp3) is 0.583. The number of nitrogens with zero attached hydrogens (tertiary/aromatic N) is 4. The van der Waals surface area contributed by atoms with Crippen molar-refractivity contribution in [1.82, 2.24) is 24.5 Å². The van der Waals surface area contributed by atoms with Gasteiger partial charge in [-0.25, -0.2) is 18.4 Å². The van der Waals surface area contributed by atoms with Crippen LogP contribution in [-0.2, 0) is 25.9 Å². The van der Waals surface area contributed by atoms with Crippen LogP contribution in [0.3, 0.4) is 0 Å². The monoisotopic (exact) mass is 611 g/mol. The summed E-state index contributed by atoms with van der Waals surface area (Å²) in [5.74, 6) is -0.277. The molecule has 1 aromatic carbocycles. The largest absolute Gasteiger partial charge is 0.430 e. The minimum atomic E-state index is -6.12. The van der Waals surface area contributed by atoms with Gasteiger partial charge in [0.25, 0.3) is 5.60 Å². The Morgan fingerprint density at radius 2 is 1.68 bits per heavy atom. The zero-order valence-electron chi connectivity index (χ0n) is 21.3. The maximum Gasteiger partial charge on any atom is 0.430 e. The average Bonchev–Trinajstić information content (AvgIpc) is 3.07. The van der Waals surface area contributed by atoms with E-state index in [1.54, 1.807) is 18.2 Å². The summed E-state index contributed by atoms with van der Waals surface area (Å²) in [6, 6.07) is 6.77. The van der Waals surface area contributed by atoms with Crippen molar-refractivity contribution < 1.29 is 49.7 Å². The fourth-order valence-corrected chi connectivity index (χ4v) is 7.22. The van der Waals surface area contributed by atoms with Crippen LogP contribution in [0.15, 0.2) is 47.6 Å². The second-order valence-corrected chi connectivity index (χ2v) is 12.3. The molecule has 10 nitrogen and oxygen atoms in total. The molecule has 4 atom stereocenters. The third-order valence-electron chi connectivity index (χ3n) is 7.87. The summed E-state index contributed by atoms with van der Waals surface area (Å²) in [4.78, 5) is 9.54. The van der Waals surface area contributed by atoms with Crippen LogP contribution in [0, 0.1) is 0 Å². The quantitative estimate of drug-likeness (QED) is 0.412. The summed E-state index contributed by atoms with van der Waals surface area (Å²) < 4.78 is 114. The minimum Gasteiger partial charge on any atom is -0.391 e. The van der Waals surface area contributed by atoms with Crippen molar-refractivity contribution in [3.05, 3.63) is 54.1 Å². The second-order valence-electron chi connectivity index (χ2n) is 10.4. The van der Waals surface area contributed by atoms with Crippen molar-refractivity contribution in [3.8, 4) is 0 Å². The molecule has 2 bridgehead atoms. The predicted octanol–water partition coefficient (Wildman–Crippen LogP) is 1.11. The molecule has 3 unspecified atom stereocenters. The van der Waals surface area contributed by atoms with E-state index in [0.29, 0.717) is 6.42 Å². The third-order valence-corrected chi connectivity index (χ3v) is 9.73. The molecule has 4 heterocycles. The van der Waals surface area contributed by atoms with Gasteiger partial charge in [-0.2, -0.15) is 30.6 Å². The van der Waals surface area contributed by atoms with Crippen LogP contribution in [0.25, 0.3) is 0 Å². The Balaban J connectivity index is 1.56. The molecular weight excluding hydrogens is 584 g/mol. The molecule has 3 fully saturated rings. The number of nitrogens with one attached hydrogen (secondary N) is 1. The van der Waals surface area contributed by atoms with Crippen molar-refractivity contribution in [2.75, 3.05) is 39.4 Å². The highest BCUT2D eigenvalue weighted by molar-refractivity contribution is 7.89. The molecule has 0 aliphatic carbocycles. The van der Waals surface area contributed by atoms with Gasteiger partial charge in [-0.15, -0.1) is 0 Å². The maximum atomic E-state index is 13.5. The summed E-state index contributed by atoms with van der Waals surface area (Å²) in [7, 11) is -4.07. The predicted molar refractivity (Wildman–Crippen MR) is 129 cm³/mol. The number of aliphatic hydroxyl groups excluding tert-OH is 1. The lowest BCUT2D eigenvalue weighted by molar-refractivity contribution is -0.376. The molecule has 2 aromatic rings. The molecular formula is C24H27F6N5O5S. The molecule has 0 amide bonds. The van der Waals surface area contributed by atoms with Gasteiger partial charge in [0.05, 0.1) is 30.3 Å². The van der Waals surface area contributed by atoms with Gasteiger partial charge in [0.15, 0.2) is 5.82 Å². The van der Waals surface area contributed by atoms with Crippen molar-refractivity contribution in [3.63, 3.8) is 0 Å². The van der Waals surface area contributed by atoms with Crippen LogP contribution in [0.1, 0.15) is 17.8 Å². The number of hydrogen-bond acceptors (Lipinski definition) is 9. The Morgan fingerprint density at radius 1 is 1.05 bits per heavy atom. The Hall–Kier alpha value is -2.41. The number of benzene rings is 1. The van der Waals surface area contributed by atoms with E-state index >= 15 is 0 Å². The van der Waals surface area contributed by atoms with Gasteiger partial charge >= 0.3 is 12.4 Å². The zero-order valence-corrected chi connectivity index (χ0v) is 22.1. The van der Waals surface area contributed by atoms with Gasteiger partial charge in [-0.1, -0.05) is 18.2 Å². The van der Waals surface area contributed by atoms with E-state index in [1.807, 2.05) is 4.90 Å². The molecule has 0 spiro atoms. The van der Waals surface area contributed by atoms with E-state index in [2.05, 4.69) is 15.3 Å². The number of halogens is 6. The average molecular weight is 612 g/mol. The Morgan fingerprint density at radius 3 is 2.27 bits per heavy atom. The van der Waals surface area contributed by atoms with Gasteiger partial charge < -0.3 is 20.3 Å². The molecule has 0 saturated carbocycles. The van der Waals surface area contributed by atoms with E-state index in [4.69, 9.17) is 4.74 Å².